The van der Waals surface area contributed by atoms with Gasteiger partial charge < -0.3 is 9.15 Å². The molecule has 0 aliphatic carbocycles. The molecule has 0 bridgehead atoms. The van der Waals surface area contributed by atoms with Crippen molar-refractivity contribution in [2.45, 2.75) is 13.0 Å². The number of fused-ring (bicyclic) bond motifs is 1. The summed E-state index contributed by atoms with van der Waals surface area (Å²) in [7, 11) is -3.66. The van der Waals surface area contributed by atoms with Gasteiger partial charge >= 0.3 is 6.36 Å². The van der Waals surface area contributed by atoms with Gasteiger partial charge in [0, 0.05) is 10.9 Å². The van der Waals surface area contributed by atoms with E-state index in [1.54, 1.807) is 0 Å². The molecule has 0 N–H and O–H groups in total. The fourth-order valence-corrected chi connectivity index (χ4v) is 1.88. The van der Waals surface area contributed by atoms with Crippen LogP contribution in [0.25, 0.3) is 11.0 Å². The van der Waals surface area contributed by atoms with Crippen LogP contribution in [-0.4, -0.2) is 21.0 Å². The summed E-state index contributed by atoms with van der Waals surface area (Å²) in [6.07, 6.45) is -2.72. The van der Waals surface area contributed by atoms with Gasteiger partial charge in [-0.05, 0) is 18.2 Å². The topological polar surface area (TPSA) is 65.7 Å². The summed E-state index contributed by atoms with van der Waals surface area (Å²) >= 11 is 0. The monoisotopic (exact) mass is 310 g/mol. The summed E-state index contributed by atoms with van der Waals surface area (Å²) in [5, 5.41) is 0.287. The maximum absolute atomic E-state index is 12.1. The lowest BCUT2D eigenvalue weighted by Crippen LogP contribution is -2.16. The van der Waals surface area contributed by atoms with Gasteiger partial charge in [0.15, 0.2) is 0 Å². The Kier molecular flexibility index (Phi) is 3.65. The van der Waals surface area contributed by atoms with Crippen molar-refractivity contribution >= 4 is 21.1 Å². The molecule has 110 valence electrons. The van der Waals surface area contributed by atoms with E-state index in [1.165, 1.54) is 12.3 Å². The van der Waals surface area contributed by atoms with Crippen molar-refractivity contribution in [3.05, 3.63) is 30.0 Å². The summed E-state index contributed by atoms with van der Waals surface area (Å²) in [6, 6.07) is 3.49. The molecule has 1 heterocycles. The Morgan fingerprint density at radius 1 is 1.30 bits per heavy atom. The Morgan fingerprint density at radius 3 is 2.60 bits per heavy atom. The standard InChI is InChI=1S/C11H9F3O5S/c1-20(15,16)18-6-7-5-17-10-3-2-8(4-9(7)10)19-11(12,13)14/h2-5H,6H2,1H3. The molecule has 0 unspecified atom stereocenters. The molecule has 0 saturated heterocycles. The van der Waals surface area contributed by atoms with Crippen LogP contribution >= 0.6 is 0 Å². The van der Waals surface area contributed by atoms with E-state index in [0.717, 1.165) is 18.4 Å². The molecule has 0 spiro atoms. The second-order valence-electron chi connectivity index (χ2n) is 3.93. The van der Waals surface area contributed by atoms with Gasteiger partial charge in [0.05, 0.1) is 19.1 Å². The molecular formula is C11H9F3O5S. The van der Waals surface area contributed by atoms with E-state index in [4.69, 9.17) is 4.42 Å². The molecule has 1 aromatic carbocycles. The third-order valence-corrected chi connectivity index (χ3v) is 2.83. The van der Waals surface area contributed by atoms with E-state index in [9.17, 15) is 21.6 Å². The fourth-order valence-electron chi connectivity index (χ4n) is 1.54. The van der Waals surface area contributed by atoms with E-state index >= 15 is 0 Å². The Labute approximate surface area is 112 Å². The molecule has 0 saturated carbocycles. The van der Waals surface area contributed by atoms with Crippen molar-refractivity contribution in [3.8, 4) is 5.75 Å². The zero-order valence-corrected chi connectivity index (χ0v) is 10.9. The Bertz CT molecular complexity index is 717. The minimum Gasteiger partial charge on any atom is -0.464 e. The smallest absolute Gasteiger partial charge is 0.464 e. The second-order valence-corrected chi connectivity index (χ2v) is 5.58. The summed E-state index contributed by atoms with van der Waals surface area (Å²) < 4.78 is 71.6. The zero-order chi connectivity index (χ0) is 15.0. The highest BCUT2D eigenvalue weighted by Gasteiger charge is 2.31. The number of ether oxygens (including phenoxy) is 1. The highest BCUT2D eigenvalue weighted by molar-refractivity contribution is 7.85. The summed E-state index contributed by atoms with van der Waals surface area (Å²) in [4.78, 5) is 0. The van der Waals surface area contributed by atoms with Crippen LogP contribution < -0.4 is 4.74 Å². The third kappa shape index (κ3) is 3.87. The number of hydrogen-bond acceptors (Lipinski definition) is 5. The molecule has 2 aromatic rings. The Hall–Kier alpha value is -1.74. The predicted molar refractivity (Wildman–Crippen MR) is 62.5 cm³/mol. The van der Waals surface area contributed by atoms with Crippen LogP contribution in [-0.2, 0) is 20.9 Å². The van der Waals surface area contributed by atoms with Gasteiger partial charge in [-0.15, -0.1) is 13.2 Å². The van der Waals surface area contributed by atoms with Crippen molar-refractivity contribution in [1.29, 1.82) is 0 Å². The zero-order valence-electron chi connectivity index (χ0n) is 10.1. The van der Waals surface area contributed by atoms with Crippen LogP contribution in [0.15, 0.2) is 28.9 Å². The lowest BCUT2D eigenvalue weighted by atomic mass is 10.2. The first kappa shape index (κ1) is 14.7. The van der Waals surface area contributed by atoms with Gasteiger partial charge in [-0.2, -0.15) is 8.42 Å². The minimum absolute atomic E-state index is 0.287. The predicted octanol–water partition coefficient (Wildman–Crippen LogP) is 2.81. The molecule has 0 fully saturated rings. The van der Waals surface area contributed by atoms with Crippen LogP contribution in [0.3, 0.4) is 0 Å². The number of benzene rings is 1. The second kappa shape index (κ2) is 4.98. The van der Waals surface area contributed by atoms with Crippen LogP contribution in [0.5, 0.6) is 5.75 Å². The molecule has 20 heavy (non-hydrogen) atoms. The van der Waals surface area contributed by atoms with Gasteiger partial charge in [-0.3, -0.25) is 4.18 Å². The van der Waals surface area contributed by atoms with Crippen molar-refractivity contribution < 1.29 is 34.9 Å². The third-order valence-electron chi connectivity index (χ3n) is 2.29. The molecule has 0 atom stereocenters. The van der Waals surface area contributed by atoms with Gasteiger partial charge in [0.25, 0.3) is 10.1 Å². The van der Waals surface area contributed by atoms with Crippen LogP contribution in [0, 0.1) is 0 Å². The van der Waals surface area contributed by atoms with E-state index in [1.807, 2.05) is 0 Å². The first-order valence-corrected chi connectivity index (χ1v) is 7.06. The molecule has 0 amide bonds. The summed E-state index contributed by atoms with van der Waals surface area (Å²) in [6.45, 7) is -0.332. The quantitative estimate of drug-likeness (QED) is 0.812. The first-order chi connectivity index (χ1) is 9.14. The number of furan rings is 1. The summed E-state index contributed by atoms with van der Waals surface area (Å²) in [5.41, 5.74) is 0.602. The van der Waals surface area contributed by atoms with E-state index in [-0.39, 0.29) is 12.0 Å². The Morgan fingerprint density at radius 2 is 2.00 bits per heavy atom. The number of alkyl halides is 3. The van der Waals surface area contributed by atoms with E-state index in [0.29, 0.717) is 11.1 Å². The van der Waals surface area contributed by atoms with Gasteiger partial charge in [0.2, 0.25) is 0 Å². The lowest BCUT2D eigenvalue weighted by Gasteiger charge is -2.08. The molecule has 0 aliphatic heterocycles. The largest absolute Gasteiger partial charge is 0.573 e. The maximum atomic E-state index is 12.1. The lowest BCUT2D eigenvalue weighted by molar-refractivity contribution is -0.274. The summed E-state index contributed by atoms with van der Waals surface area (Å²) in [5.74, 6) is -0.424. The van der Waals surface area contributed by atoms with Crippen LogP contribution in [0.2, 0.25) is 0 Å². The van der Waals surface area contributed by atoms with Crippen molar-refractivity contribution in [2.75, 3.05) is 6.26 Å². The highest BCUT2D eigenvalue weighted by atomic mass is 32.2. The van der Waals surface area contributed by atoms with Gasteiger partial charge in [-0.25, -0.2) is 0 Å². The van der Waals surface area contributed by atoms with Crippen LogP contribution in [0.4, 0.5) is 13.2 Å². The van der Waals surface area contributed by atoms with Crippen molar-refractivity contribution in [2.24, 2.45) is 0 Å². The molecule has 0 radical (unpaired) electrons. The molecule has 2 rings (SSSR count). The molecule has 1 aromatic heterocycles. The molecular weight excluding hydrogens is 301 g/mol. The van der Waals surface area contributed by atoms with E-state index in [2.05, 4.69) is 8.92 Å². The average molecular weight is 310 g/mol. The van der Waals surface area contributed by atoms with Gasteiger partial charge in [0.1, 0.15) is 11.3 Å². The van der Waals surface area contributed by atoms with E-state index < -0.39 is 22.2 Å². The first-order valence-electron chi connectivity index (χ1n) is 5.24. The minimum atomic E-state index is -4.80. The fraction of sp³-hybridized carbons (Fsp3) is 0.273. The highest BCUT2D eigenvalue weighted by Crippen LogP contribution is 2.29. The molecule has 9 heteroatoms. The Balaban J connectivity index is 2.30. The van der Waals surface area contributed by atoms with Gasteiger partial charge in [-0.1, -0.05) is 0 Å². The van der Waals surface area contributed by atoms with Crippen molar-refractivity contribution in [3.63, 3.8) is 0 Å². The number of halogens is 3. The SMILES string of the molecule is CS(=O)(=O)OCc1coc2ccc(OC(F)(F)F)cc12. The molecule has 5 nitrogen and oxygen atoms in total. The van der Waals surface area contributed by atoms with Crippen LogP contribution in [0.1, 0.15) is 5.56 Å². The van der Waals surface area contributed by atoms with Crippen molar-refractivity contribution in [1.82, 2.24) is 0 Å². The number of rotatable bonds is 4. The average Bonchev–Trinajstić information content (AvgIpc) is 2.65. The maximum Gasteiger partial charge on any atom is 0.573 e. The molecule has 0 aliphatic rings. The number of hydrogen-bond donors (Lipinski definition) is 0. The normalized spacial score (nSPS) is 12.8.